The molecule has 0 unspecified atom stereocenters. The van der Waals surface area contributed by atoms with E-state index in [4.69, 9.17) is 4.74 Å². The van der Waals surface area contributed by atoms with E-state index in [1.54, 1.807) is 36.4 Å². The number of sulfonamides is 1. The van der Waals surface area contributed by atoms with E-state index in [-0.39, 0.29) is 35.5 Å². The first-order chi connectivity index (χ1) is 13.2. The summed E-state index contributed by atoms with van der Waals surface area (Å²) in [6.45, 7) is 3.37. The fraction of sp³-hybridized carbons (Fsp3) is 0.263. The maximum atomic E-state index is 12.4. The van der Waals surface area contributed by atoms with E-state index >= 15 is 0 Å². The minimum atomic E-state index is -3.77. The van der Waals surface area contributed by atoms with Crippen LogP contribution in [0.1, 0.15) is 22.8 Å². The Morgan fingerprint density at radius 2 is 1.71 bits per heavy atom. The van der Waals surface area contributed by atoms with E-state index < -0.39 is 10.0 Å². The third-order valence-electron chi connectivity index (χ3n) is 3.78. The Morgan fingerprint density at radius 3 is 2.32 bits per heavy atom. The van der Waals surface area contributed by atoms with Crippen LogP contribution in [0.15, 0.2) is 47.4 Å². The summed E-state index contributed by atoms with van der Waals surface area (Å²) in [5.74, 6) is -0.285. The summed E-state index contributed by atoms with van der Waals surface area (Å²) in [5, 5.41) is 5.25. The van der Waals surface area contributed by atoms with Crippen molar-refractivity contribution in [3.05, 3.63) is 53.6 Å². The standard InChI is InChI=1S/C19H23N3O5S/c1-13-4-9-18(17(12-13)27-3)28(25,26)21-11-10-20-19(24)15-5-7-16(8-6-15)22-14(2)23/h4-9,12,21H,10-11H2,1-3H3,(H,20,24)(H,22,23). The number of benzene rings is 2. The van der Waals surface area contributed by atoms with E-state index in [0.29, 0.717) is 11.3 Å². The average molecular weight is 405 g/mol. The lowest BCUT2D eigenvalue weighted by Crippen LogP contribution is -2.34. The second-order valence-electron chi connectivity index (χ2n) is 6.07. The average Bonchev–Trinajstić information content (AvgIpc) is 2.64. The van der Waals surface area contributed by atoms with Gasteiger partial charge in [0.2, 0.25) is 15.9 Å². The molecule has 0 saturated carbocycles. The van der Waals surface area contributed by atoms with Crippen molar-refractivity contribution in [1.29, 1.82) is 0 Å². The lowest BCUT2D eigenvalue weighted by molar-refractivity contribution is -0.114. The van der Waals surface area contributed by atoms with Gasteiger partial charge in [0.1, 0.15) is 10.6 Å². The number of amides is 2. The van der Waals surface area contributed by atoms with Crippen LogP contribution in [0.5, 0.6) is 5.75 Å². The predicted molar refractivity (Wildman–Crippen MR) is 106 cm³/mol. The number of carbonyl (C=O) groups excluding carboxylic acids is 2. The van der Waals surface area contributed by atoms with Gasteiger partial charge in [-0.3, -0.25) is 9.59 Å². The minimum Gasteiger partial charge on any atom is -0.495 e. The van der Waals surface area contributed by atoms with Crippen molar-refractivity contribution in [2.45, 2.75) is 18.7 Å². The van der Waals surface area contributed by atoms with Crippen LogP contribution >= 0.6 is 0 Å². The Labute approximate surface area is 164 Å². The predicted octanol–water partition coefficient (Wildman–Crippen LogP) is 1.67. The minimum absolute atomic E-state index is 0.0229. The molecule has 9 heteroatoms. The van der Waals surface area contributed by atoms with Crippen LogP contribution in [-0.4, -0.2) is 40.4 Å². The van der Waals surface area contributed by atoms with Gasteiger partial charge in [-0.15, -0.1) is 0 Å². The van der Waals surface area contributed by atoms with Gasteiger partial charge in [-0.25, -0.2) is 13.1 Å². The number of hydrogen-bond donors (Lipinski definition) is 3. The number of nitrogens with one attached hydrogen (secondary N) is 3. The van der Waals surface area contributed by atoms with E-state index in [1.807, 2.05) is 6.92 Å². The van der Waals surface area contributed by atoms with Crippen LogP contribution < -0.4 is 20.1 Å². The molecule has 2 aromatic rings. The Balaban J connectivity index is 1.89. The lowest BCUT2D eigenvalue weighted by Gasteiger charge is -2.12. The zero-order chi connectivity index (χ0) is 20.7. The lowest BCUT2D eigenvalue weighted by atomic mass is 10.2. The molecule has 0 aromatic heterocycles. The van der Waals surface area contributed by atoms with Crippen molar-refractivity contribution in [3.8, 4) is 5.75 Å². The molecule has 0 heterocycles. The normalized spacial score (nSPS) is 11.0. The molecule has 2 rings (SSSR count). The summed E-state index contributed by atoms with van der Waals surface area (Å²) in [5.41, 5.74) is 1.87. The first-order valence-electron chi connectivity index (χ1n) is 8.53. The molecule has 3 N–H and O–H groups in total. The van der Waals surface area contributed by atoms with Gasteiger partial charge in [-0.1, -0.05) is 6.07 Å². The smallest absolute Gasteiger partial charge is 0.251 e. The molecule has 2 amide bonds. The Hall–Kier alpha value is -2.91. The summed E-state index contributed by atoms with van der Waals surface area (Å²) < 4.78 is 32.4. The van der Waals surface area contributed by atoms with Crippen LogP contribution in [0, 0.1) is 6.92 Å². The SMILES string of the molecule is COc1cc(C)ccc1S(=O)(=O)NCCNC(=O)c1ccc(NC(C)=O)cc1. The summed E-state index contributed by atoms with van der Waals surface area (Å²) in [6, 6.07) is 11.2. The van der Waals surface area contributed by atoms with Gasteiger partial charge in [0.15, 0.2) is 0 Å². The van der Waals surface area contributed by atoms with Crippen molar-refractivity contribution >= 4 is 27.5 Å². The van der Waals surface area contributed by atoms with E-state index in [2.05, 4.69) is 15.4 Å². The summed E-state index contributed by atoms with van der Waals surface area (Å²) >= 11 is 0. The molecule has 0 aliphatic rings. The quantitative estimate of drug-likeness (QED) is 0.578. The topological polar surface area (TPSA) is 114 Å². The third-order valence-corrected chi connectivity index (χ3v) is 5.28. The second-order valence-corrected chi connectivity index (χ2v) is 7.80. The largest absolute Gasteiger partial charge is 0.495 e. The Kier molecular flexibility index (Phi) is 7.13. The van der Waals surface area contributed by atoms with Crippen LogP contribution in [0.3, 0.4) is 0 Å². The van der Waals surface area contributed by atoms with Crippen molar-refractivity contribution in [2.24, 2.45) is 0 Å². The van der Waals surface area contributed by atoms with E-state index in [1.165, 1.54) is 20.1 Å². The van der Waals surface area contributed by atoms with Gasteiger partial charge >= 0.3 is 0 Å². The molecule has 2 aromatic carbocycles. The Bertz CT molecular complexity index is 956. The third kappa shape index (κ3) is 5.80. The zero-order valence-electron chi connectivity index (χ0n) is 15.9. The van der Waals surface area contributed by atoms with Crippen molar-refractivity contribution in [2.75, 3.05) is 25.5 Å². The van der Waals surface area contributed by atoms with Crippen LogP contribution in [0.4, 0.5) is 5.69 Å². The fourth-order valence-corrected chi connectivity index (χ4v) is 3.63. The first kappa shape index (κ1) is 21.4. The van der Waals surface area contributed by atoms with Crippen LogP contribution in [-0.2, 0) is 14.8 Å². The molecule has 0 fully saturated rings. The number of ether oxygens (including phenoxy) is 1. The number of carbonyl (C=O) groups is 2. The van der Waals surface area contributed by atoms with Gasteiger partial charge in [0.05, 0.1) is 7.11 Å². The highest BCUT2D eigenvalue weighted by atomic mass is 32.2. The highest BCUT2D eigenvalue weighted by Crippen LogP contribution is 2.24. The molecular formula is C19H23N3O5S. The van der Waals surface area contributed by atoms with Crippen molar-refractivity contribution < 1.29 is 22.7 Å². The molecular weight excluding hydrogens is 382 g/mol. The number of aryl methyl sites for hydroxylation is 1. The highest BCUT2D eigenvalue weighted by Gasteiger charge is 2.19. The maximum Gasteiger partial charge on any atom is 0.251 e. The van der Waals surface area contributed by atoms with Gasteiger partial charge in [0, 0.05) is 31.3 Å². The molecule has 0 spiro atoms. The first-order valence-corrected chi connectivity index (χ1v) is 10.0. The second kappa shape index (κ2) is 9.34. The Morgan fingerprint density at radius 1 is 1.04 bits per heavy atom. The van der Waals surface area contributed by atoms with E-state index in [0.717, 1.165) is 5.56 Å². The molecule has 28 heavy (non-hydrogen) atoms. The van der Waals surface area contributed by atoms with Gasteiger partial charge < -0.3 is 15.4 Å². The van der Waals surface area contributed by atoms with Crippen LogP contribution in [0.2, 0.25) is 0 Å². The van der Waals surface area contributed by atoms with Gasteiger partial charge in [-0.05, 0) is 48.9 Å². The number of anilines is 1. The molecule has 0 atom stereocenters. The molecule has 150 valence electrons. The maximum absolute atomic E-state index is 12.4. The van der Waals surface area contributed by atoms with Crippen molar-refractivity contribution in [1.82, 2.24) is 10.0 Å². The fourth-order valence-electron chi connectivity index (χ4n) is 2.45. The number of hydrogen-bond acceptors (Lipinski definition) is 5. The monoisotopic (exact) mass is 405 g/mol. The molecule has 0 bridgehead atoms. The summed E-state index contributed by atoms with van der Waals surface area (Å²) in [4.78, 5) is 23.1. The van der Waals surface area contributed by atoms with E-state index in [9.17, 15) is 18.0 Å². The molecule has 0 radical (unpaired) electrons. The molecule has 8 nitrogen and oxygen atoms in total. The van der Waals surface area contributed by atoms with Gasteiger partial charge in [-0.2, -0.15) is 0 Å². The molecule has 0 aliphatic carbocycles. The van der Waals surface area contributed by atoms with Crippen LogP contribution in [0.25, 0.3) is 0 Å². The number of rotatable bonds is 8. The molecule has 0 aliphatic heterocycles. The molecule has 0 saturated heterocycles. The number of methoxy groups -OCH3 is 1. The van der Waals surface area contributed by atoms with Gasteiger partial charge in [0.25, 0.3) is 5.91 Å². The summed E-state index contributed by atoms with van der Waals surface area (Å²) in [6.07, 6.45) is 0. The highest BCUT2D eigenvalue weighted by molar-refractivity contribution is 7.89. The zero-order valence-corrected chi connectivity index (χ0v) is 16.7. The van der Waals surface area contributed by atoms with Crippen molar-refractivity contribution in [3.63, 3.8) is 0 Å². The summed E-state index contributed by atoms with van der Waals surface area (Å²) in [7, 11) is -2.36.